The van der Waals surface area contributed by atoms with Crippen molar-refractivity contribution in [2.75, 3.05) is 59.7 Å². The van der Waals surface area contributed by atoms with Crippen molar-refractivity contribution in [3.05, 3.63) is 0 Å². The minimum atomic E-state index is -0.512. The molecule has 1 aliphatic carbocycles. The Kier molecular flexibility index (Phi) is 7.94. The molecule has 0 bridgehead atoms. The van der Waals surface area contributed by atoms with E-state index in [2.05, 4.69) is 10.6 Å². The fraction of sp³-hybridized carbons (Fsp3) is 0.882. The van der Waals surface area contributed by atoms with Crippen LogP contribution in [0.3, 0.4) is 0 Å². The standard InChI is InChI=1S/C17H31N3O4/c1-23-11-8-18-6-7-19-16(22)17(4-2-3-5-17)14-15(21)20-9-12-24-13-10-20/h18H,2-14H2,1H3,(H,19,22). The first kappa shape index (κ1) is 19.1. The molecule has 1 saturated heterocycles. The third-order valence-electron chi connectivity index (χ3n) is 4.97. The smallest absolute Gasteiger partial charge is 0.226 e. The summed E-state index contributed by atoms with van der Waals surface area (Å²) in [5.74, 6) is 0.128. The van der Waals surface area contributed by atoms with E-state index in [1.54, 1.807) is 7.11 Å². The number of hydrogen-bond acceptors (Lipinski definition) is 5. The first-order valence-corrected chi connectivity index (χ1v) is 9.01. The second-order valence-electron chi connectivity index (χ2n) is 6.66. The highest BCUT2D eigenvalue weighted by molar-refractivity contribution is 5.89. The van der Waals surface area contributed by atoms with Crippen LogP contribution in [0, 0.1) is 5.41 Å². The molecule has 2 fully saturated rings. The topological polar surface area (TPSA) is 79.9 Å². The molecule has 7 nitrogen and oxygen atoms in total. The van der Waals surface area contributed by atoms with Gasteiger partial charge in [-0.25, -0.2) is 0 Å². The lowest BCUT2D eigenvalue weighted by Gasteiger charge is -2.32. The van der Waals surface area contributed by atoms with Crippen LogP contribution in [0.4, 0.5) is 0 Å². The lowest BCUT2D eigenvalue weighted by molar-refractivity contribution is -0.143. The lowest BCUT2D eigenvalue weighted by Crippen LogP contribution is -2.47. The van der Waals surface area contributed by atoms with E-state index in [0.717, 1.165) is 32.2 Å². The fourth-order valence-electron chi connectivity index (χ4n) is 3.50. The number of amides is 2. The average Bonchev–Trinajstić information content (AvgIpc) is 3.08. The van der Waals surface area contributed by atoms with Gasteiger partial charge in [0.1, 0.15) is 0 Å². The van der Waals surface area contributed by atoms with Gasteiger partial charge in [0.25, 0.3) is 0 Å². The molecule has 0 aromatic carbocycles. The Morgan fingerprint density at radius 2 is 1.83 bits per heavy atom. The quantitative estimate of drug-likeness (QED) is 0.584. The van der Waals surface area contributed by atoms with Crippen molar-refractivity contribution in [1.29, 1.82) is 0 Å². The normalized spacial score (nSPS) is 20.1. The molecule has 1 heterocycles. The predicted octanol–water partition coefficient (Wildman–Crippen LogP) is 0.148. The highest BCUT2D eigenvalue weighted by atomic mass is 16.5. The molecule has 24 heavy (non-hydrogen) atoms. The van der Waals surface area contributed by atoms with Crippen molar-refractivity contribution >= 4 is 11.8 Å². The Balaban J connectivity index is 1.80. The van der Waals surface area contributed by atoms with Gasteiger partial charge in [0.15, 0.2) is 0 Å². The Hall–Kier alpha value is -1.18. The molecule has 7 heteroatoms. The molecule has 2 aliphatic rings. The summed E-state index contributed by atoms with van der Waals surface area (Å²) in [6, 6.07) is 0. The average molecular weight is 341 g/mol. The van der Waals surface area contributed by atoms with Crippen LogP contribution in [-0.4, -0.2) is 76.4 Å². The van der Waals surface area contributed by atoms with Gasteiger partial charge in [0.2, 0.25) is 11.8 Å². The van der Waals surface area contributed by atoms with Gasteiger partial charge in [-0.2, -0.15) is 0 Å². The van der Waals surface area contributed by atoms with Crippen LogP contribution in [0.15, 0.2) is 0 Å². The summed E-state index contributed by atoms with van der Waals surface area (Å²) in [7, 11) is 1.67. The van der Waals surface area contributed by atoms with Gasteiger partial charge >= 0.3 is 0 Å². The van der Waals surface area contributed by atoms with Crippen molar-refractivity contribution in [2.45, 2.75) is 32.1 Å². The van der Waals surface area contributed by atoms with Crippen LogP contribution >= 0.6 is 0 Å². The Morgan fingerprint density at radius 3 is 2.50 bits per heavy atom. The SMILES string of the molecule is COCCNCCNC(=O)C1(CC(=O)N2CCOCC2)CCCC1. The van der Waals surface area contributed by atoms with Gasteiger partial charge < -0.3 is 25.0 Å². The number of nitrogens with one attached hydrogen (secondary N) is 2. The maximum absolute atomic E-state index is 12.7. The summed E-state index contributed by atoms with van der Waals surface area (Å²) >= 11 is 0. The molecule has 2 amide bonds. The Labute approximate surface area is 144 Å². The molecule has 2 rings (SSSR count). The summed E-state index contributed by atoms with van der Waals surface area (Å²) in [5.41, 5.74) is -0.512. The van der Waals surface area contributed by atoms with E-state index in [-0.39, 0.29) is 11.8 Å². The molecule has 0 aromatic rings. The zero-order chi connectivity index (χ0) is 17.3. The largest absolute Gasteiger partial charge is 0.383 e. The summed E-state index contributed by atoms with van der Waals surface area (Å²) in [5, 5.41) is 6.22. The summed E-state index contributed by atoms with van der Waals surface area (Å²) < 4.78 is 10.3. The maximum Gasteiger partial charge on any atom is 0.226 e. The van der Waals surface area contributed by atoms with Crippen molar-refractivity contribution in [3.63, 3.8) is 0 Å². The third kappa shape index (κ3) is 5.43. The minimum Gasteiger partial charge on any atom is -0.383 e. The van der Waals surface area contributed by atoms with Crippen LogP contribution in [0.25, 0.3) is 0 Å². The maximum atomic E-state index is 12.7. The van der Waals surface area contributed by atoms with Crippen molar-refractivity contribution in [1.82, 2.24) is 15.5 Å². The number of carbonyl (C=O) groups is 2. The van der Waals surface area contributed by atoms with Crippen molar-refractivity contribution in [3.8, 4) is 0 Å². The number of nitrogens with zero attached hydrogens (tertiary/aromatic N) is 1. The number of rotatable bonds is 9. The number of ether oxygens (including phenoxy) is 2. The van der Waals surface area contributed by atoms with E-state index in [0.29, 0.717) is 52.4 Å². The van der Waals surface area contributed by atoms with Crippen LogP contribution in [0.5, 0.6) is 0 Å². The molecule has 0 radical (unpaired) electrons. The molecule has 2 N–H and O–H groups in total. The van der Waals surface area contributed by atoms with E-state index in [1.165, 1.54) is 0 Å². The monoisotopic (exact) mass is 341 g/mol. The number of carbonyl (C=O) groups excluding carboxylic acids is 2. The zero-order valence-corrected chi connectivity index (χ0v) is 14.8. The van der Waals surface area contributed by atoms with Gasteiger partial charge in [-0.3, -0.25) is 9.59 Å². The molecule has 1 aliphatic heterocycles. The Morgan fingerprint density at radius 1 is 1.12 bits per heavy atom. The molecule has 0 aromatic heterocycles. The lowest BCUT2D eigenvalue weighted by atomic mass is 9.81. The van der Waals surface area contributed by atoms with Crippen molar-refractivity contribution < 1.29 is 19.1 Å². The minimum absolute atomic E-state index is 0.0372. The van der Waals surface area contributed by atoms with E-state index in [4.69, 9.17) is 9.47 Å². The van der Waals surface area contributed by atoms with Gasteiger partial charge in [0.05, 0.1) is 25.2 Å². The molecule has 0 unspecified atom stereocenters. The Bertz CT molecular complexity index is 405. The number of methoxy groups -OCH3 is 1. The highest BCUT2D eigenvalue weighted by Crippen LogP contribution is 2.41. The van der Waals surface area contributed by atoms with Crippen LogP contribution < -0.4 is 10.6 Å². The highest BCUT2D eigenvalue weighted by Gasteiger charge is 2.43. The van der Waals surface area contributed by atoms with Gasteiger partial charge in [-0.15, -0.1) is 0 Å². The summed E-state index contributed by atoms with van der Waals surface area (Å²) in [6.07, 6.45) is 4.00. The summed E-state index contributed by atoms with van der Waals surface area (Å²) in [6.45, 7) is 5.19. The summed E-state index contributed by atoms with van der Waals surface area (Å²) in [4.78, 5) is 27.1. The van der Waals surface area contributed by atoms with E-state index in [9.17, 15) is 9.59 Å². The first-order chi connectivity index (χ1) is 11.7. The van der Waals surface area contributed by atoms with Crippen LogP contribution in [0.2, 0.25) is 0 Å². The molecule has 0 atom stereocenters. The molecule has 138 valence electrons. The molecule has 0 spiro atoms. The number of morpholine rings is 1. The van der Waals surface area contributed by atoms with Crippen LogP contribution in [-0.2, 0) is 19.1 Å². The van der Waals surface area contributed by atoms with E-state index in [1.807, 2.05) is 4.90 Å². The molecular weight excluding hydrogens is 310 g/mol. The number of hydrogen-bond donors (Lipinski definition) is 2. The van der Waals surface area contributed by atoms with Crippen LogP contribution in [0.1, 0.15) is 32.1 Å². The first-order valence-electron chi connectivity index (χ1n) is 9.01. The predicted molar refractivity (Wildman–Crippen MR) is 90.7 cm³/mol. The van der Waals surface area contributed by atoms with E-state index >= 15 is 0 Å². The second kappa shape index (κ2) is 9.96. The van der Waals surface area contributed by atoms with E-state index < -0.39 is 5.41 Å². The van der Waals surface area contributed by atoms with Gasteiger partial charge in [-0.05, 0) is 12.8 Å². The van der Waals surface area contributed by atoms with Gasteiger partial charge in [0, 0.05) is 46.3 Å². The molecular formula is C17H31N3O4. The fourth-order valence-corrected chi connectivity index (χ4v) is 3.50. The second-order valence-corrected chi connectivity index (χ2v) is 6.66. The molecule has 1 saturated carbocycles. The zero-order valence-electron chi connectivity index (χ0n) is 14.8. The van der Waals surface area contributed by atoms with Crippen molar-refractivity contribution in [2.24, 2.45) is 5.41 Å². The third-order valence-corrected chi connectivity index (χ3v) is 4.97. The van der Waals surface area contributed by atoms with Gasteiger partial charge in [-0.1, -0.05) is 12.8 Å².